The Balaban J connectivity index is 2.31. The summed E-state index contributed by atoms with van der Waals surface area (Å²) >= 11 is 5.33. The molecule has 10 heavy (non-hydrogen) atoms. The predicted molar refractivity (Wildman–Crippen MR) is 38.3 cm³/mol. The molecule has 58 valence electrons. The third kappa shape index (κ3) is 1.94. The lowest BCUT2D eigenvalue weighted by Gasteiger charge is -2.21. The molecule has 0 aromatic heterocycles. The van der Waals surface area contributed by atoms with Gasteiger partial charge in [-0.15, -0.1) is 11.6 Å². The molecule has 1 rings (SSSR count). The smallest absolute Gasteiger partial charge is 0.177 e. The van der Waals surface area contributed by atoms with Crippen molar-refractivity contribution in [3.05, 3.63) is 0 Å². The molecule has 0 amide bonds. The monoisotopic (exact) mass is 163 g/mol. The number of rotatable bonds is 2. The van der Waals surface area contributed by atoms with Gasteiger partial charge in [0, 0.05) is 13.1 Å². The first-order chi connectivity index (χ1) is 4.84. The van der Waals surface area contributed by atoms with Crippen molar-refractivity contribution >= 4 is 17.4 Å². The molecule has 1 aliphatic rings. The van der Waals surface area contributed by atoms with Gasteiger partial charge in [0.05, 0.1) is 12.5 Å². The Bertz CT molecular complexity index is 123. The summed E-state index contributed by atoms with van der Waals surface area (Å²) in [7, 11) is 0. The first-order valence-corrected chi connectivity index (χ1v) is 3.79. The SMILES string of the molecule is O=C(CCl)C1CNCCO1. The number of Topliss-reactive ketones (excluding diaryl/α,β-unsaturated/α-hetero) is 1. The van der Waals surface area contributed by atoms with E-state index >= 15 is 0 Å². The highest BCUT2D eigenvalue weighted by molar-refractivity contribution is 6.28. The standard InChI is InChI=1S/C6H10ClNO2/c7-3-5(9)6-4-8-1-2-10-6/h6,8H,1-4H2. The molecule has 0 aromatic rings. The summed E-state index contributed by atoms with van der Waals surface area (Å²) in [4.78, 5) is 10.9. The zero-order chi connectivity index (χ0) is 7.40. The lowest BCUT2D eigenvalue weighted by molar-refractivity contribution is -0.129. The number of hydrogen-bond donors (Lipinski definition) is 1. The number of ether oxygens (including phenoxy) is 1. The lowest BCUT2D eigenvalue weighted by Crippen LogP contribution is -2.43. The van der Waals surface area contributed by atoms with Gasteiger partial charge in [0.15, 0.2) is 5.78 Å². The van der Waals surface area contributed by atoms with Gasteiger partial charge in [0.1, 0.15) is 6.10 Å². The Morgan fingerprint density at radius 1 is 1.80 bits per heavy atom. The quantitative estimate of drug-likeness (QED) is 0.573. The average Bonchev–Trinajstić information content (AvgIpc) is 2.05. The Morgan fingerprint density at radius 2 is 2.60 bits per heavy atom. The zero-order valence-electron chi connectivity index (χ0n) is 5.60. The molecular formula is C6H10ClNO2. The van der Waals surface area contributed by atoms with Crippen LogP contribution in [0.1, 0.15) is 0 Å². The van der Waals surface area contributed by atoms with E-state index < -0.39 is 0 Å². The van der Waals surface area contributed by atoms with E-state index in [0.29, 0.717) is 13.2 Å². The Morgan fingerprint density at radius 3 is 3.10 bits per heavy atom. The van der Waals surface area contributed by atoms with Crippen LogP contribution in [0.4, 0.5) is 0 Å². The number of halogens is 1. The summed E-state index contributed by atoms with van der Waals surface area (Å²) in [5.74, 6) is 0.0145. The average molecular weight is 164 g/mol. The molecule has 1 N–H and O–H groups in total. The maximum Gasteiger partial charge on any atom is 0.177 e. The van der Waals surface area contributed by atoms with Gasteiger partial charge in [0.2, 0.25) is 0 Å². The molecule has 1 atom stereocenters. The zero-order valence-corrected chi connectivity index (χ0v) is 6.36. The van der Waals surface area contributed by atoms with E-state index in [2.05, 4.69) is 5.32 Å². The highest BCUT2D eigenvalue weighted by Gasteiger charge is 2.19. The van der Waals surface area contributed by atoms with Crippen LogP contribution in [0.3, 0.4) is 0 Å². The number of carbonyl (C=O) groups excluding carboxylic acids is 1. The third-order valence-electron chi connectivity index (χ3n) is 1.42. The molecule has 0 saturated carbocycles. The minimum Gasteiger partial charge on any atom is -0.368 e. The van der Waals surface area contributed by atoms with Crippen LogP contribution in [0.5, 0.6) is 0 Å². The highest BCUT2D eigenvalue weighted by atomic mass is 35.5. The van der Waals surface area contributed by atoms with Gasteiger partial charge >= 0.3 is 0 Å². The molecule has 4 heteroatoms. The molecule has 1 saturated heterocycles. The summed E-state index contributed by atoms with van der Waals surface area (Å²) < 4.78 is 5.13. The summed E-state index contributed by atoms with van der Waals surface area (Å²) in [6.45, 7) is 2.03. The molecule has 3 nitrogen and oxygen atoms in total. The van der Waals surface area contributed by atoms with Gasteiger partial charge in [-0.3, -0.25) is 4.79 Å². The third-order valence-corrected chi connectivity index (χ3v) is 1.68. The maximum atomic E-state index is 10.9. The van der Waals surface area contributed by atoms with Gasteiger partial charge < -0.3 is 10.1 Å². The first-order valence-electron chi connectivity index (χ1n) is 3.25. The second kappa shape index (κ2) is 3.91. The van der Waals surface area contributed by atoms with Gasteiger partial charge in [-0.2, -0.15) is 0 Å². The van der Waals surface area contributed by atoms with Crippen LogP contribution in [0.25, 0.3) is 0 Å². The highest BCUT2D eigenvalue weighted by Crippen LogP contribution is 1.98. The molecule has 0 aromatic carbocycles. The predicted octanol–water partition coefficient (Wildman–Crippen LogP) is -0.217. The summed E-state index contributed by atoms with van der Waals surface area (Å²) in [6, 6.07) is 0. The molecule has 0 bridgehead atoms. The largest absolute Gasteiger partial charge is 0.368 e. The van der Waals surface area contributed by atoms with Crippen LogP contribution in [0, 0.1) is 0 Å². The molecule has 0 radical (unpaired) electrons. The van der Waals surface area contributed by atoms with Crippen molar-refractivity contribution in [2.45, 2.75) is 6.10 Å². The van der Waals surface area contributed by atoms with Crippen LogP contribution >= 0.6 is 11.6 Å². The number of ketones is 1. The minimum absolute atomic E-state index is 0.0335. The lowest BCUT2D eigenvalue weighted by atomic mass is 10.2. The maximum absolute atomic E-state index is 10.9. The number of alkyl halides is 1. The van der Waals surface area contributed by atoms with Crippen LogP contribution in [-0.4, -0.2) is 37.5 Å². The Hall–Kier alpha value is -0.120. The Kier molecular flexibility index (Phi) is 3.12. The molecule has 1 unspecified atom stereocenters. The van der Waals surface area contributed by atoms with E-state index in [0.717, 1.165) is 6.54 Å². The van der Waals surface area contributed by atoms with Crippen LogP contribution < -0.4 is 5.32 Å². The molecule has 1 aliphatic heterocycles. The number of hydrogen-bond acceptors (Lipinski definition) is 3. The normalized spacial score (nSPS) is 26.3. The van der Waals surface area contributed by atoms with E-state index in [1.807, 2.05) is 0 Å². The summed E-state index contributed by atoms with van der Waals surface area (Å²) in [5.41, 5.74) is 0. The molecular weight excluding hydrogens is 154 g/mol. The van der Waals surface area contributed by atoms with E-state index in [9.17, 15) is 4.79 Å². The van der Waals surface area contributed by atoms with Gasteiger partial charge in [0.25, 0.3) is 0 Å². The number of nitrogens with one attached hydrogen (secondary N) is 1. The van der Waals surface area contributed by atoms with Crippen molar-refractivity contribution in [3.8, 4) is 0 Å². The first kappa shape index (κ1) is 7.98. The van der Waals surface area contributed by atoms with Crippen LogP contribution in [-0.2, 0) is 9.53 Å². The van der Waals surface area contributed by atoms with Gasteiger partial charge in [-0.1, -0.05) is 0 Å². The van der Waals surface area contributed by atoms with Crippen molar-refractivity contribution in [2.24, 2.45) is 0 Å². The number of morpholine rings is 1. The van der Waals surface area contributed by atoms with Gasteiger partial charge in [-0.25, -0.2) is 0 Å². The van der Waals surface area contributed by atoms with E-state index in [4.69, 9.17) is 16.3 Å². The van der Waals surface area contributed by atoms with Crippen molar-refractivity contribution in [1.82, 2.24) is 5.32 Å². The summed E-state index contributed by atoms with van der Waals surface area (Å²) in [5, 5.41) is 3.05. The molecule has 0 aliphatic carbocycles. The fourth-order valence-corrected chi connectivity index (χ4v) is 1.03. The topological polar surface area (TPSA) is 38.3 Å². The van der Waals surface area contributed by atoms with Crippen LogP contribution in [0.15, 0.2) is 0 Å². The van der Waals surface area contributed by atoms with E-state index in [1.165, 1.54) is 0 Å². The van der Waals surface area contributed by atoms with E-state index in [-0.39, 0.29) is 17.8 Å². The summed E-state index contributed by atoms with van der Waals surface area (Å²) in [6.07, 6.45) is -0.314. The van der Waals surface area contributed by atoms with Crippen molar-refractivity contribution in [3.63, 3.8) is 0 Å². The second-order valence-electron chi connectivity index (χ2n) is 2.16. The van der Waals surface area contributed by atoms with Crippen molar-refractivity contribution in [2.75, 3.05) is 25.6 Å². The number of carbonyl (C=O) groups is 1. The minimum atomic E-state index is -0.314. The van der Waals surface area contributed by atoms with Crippen molar-refractivity contribution < 1.29 is 9.53 Å². The Labute approximate surface area is 64.7 Å². The van der Waals surface area contributed by atoms with Gasteiger partial charge in [-0.05, 0) is 0 Å². The molecule has 1 heterocycles. The van der Waals surface area contributed by atoms with Crippen LogP contribution in [0.2, 0.25) is 0 Å². The molecule has 0 spiro atoms. The fourth-order valence-electron chi connectivity index (χ4n) is 0.858. The van der Waals surface area contributed by atoms with E-state index in [1.54, 1.807) is 0 Å². The fraction of sp³-hybridized carbons (Fsp3) is 0.833. The second-order valence-corrected chi connectivity index (χ2v) is 2.43. The van der Waals surface area contributed by atoms with Crippen molar-refractivity contribution in [1.29, 1.82) is 0 Å². The molecule has 1 fully saturated rings.